The summed E-state index contributed by atoms with van der Waals surface area (Å²) in [5.74, 6) is -4.08. The van der Waals surface area contributed by atoms with Gasteiger partial charge < -0.3 is 18.9 Å². The van der Waals surface area contributed by atoms with E-state index in [1.807, 2.05) is 0 Å². The van der Waals surface area contributed by atoms with Crippen LogP contribution < -0.4 is 0 Å². The van der Waals surface area contributed by atoms with E-state index in [1.165, 1.54) is 0 Å². The van der Waals surface area contributed by atoms with Crippen LogP contribution >= 0.6 is 0 Å². The van der Waals surface area contributed by atoms with Gasteiger partial charge in [0.2, 0.25) is 0 Å². The Kier molecular flexibility index (Phi) is 14.7. The smallest absolute Gasteiger partial charge is 0.320 e. The van der Waals surface area contributed by atoms with Gasteiger partial charge in [-0.05, 0) is 40.5 Å². The molecule has 28 heavy (non-hydrogen) atoms. The number of unbranched alkanes of at least 4 members (excludes halogenated alkanes) is 3. The van der Waals surface area contributed by atoms with Crippen LogP contribution in [0.2, 0.25) is 0 Å². The zero-order chi connectivity index (χ0) is 21.4. The molecule has 0 atom stereocenters. The van der Waals surface area contributed by atoms with E-state index in [9.17, 15) is 19.2 Å². The molecule has 0 fully saturated rings. The first kappa shape index (κ1) is 25.9. The summed E-state index contributed by atoms with van der Waals surface area (Å²) in [6, 6.07) is 0. The van der Waals surface area contributed by atoms with Crippen LogP contribution in [0.25, 0.3) is 0 Å². The first-order valence-corrected chi connectivity index (χ1v) is 10.1. The van der Waals surface area contributed by atoms with Crippen LogP contribution in [0.4, 0.5) is 0 Å². The number of carbonyl (C=O) groups is 4. The highest BCUT2D eigenvalue weighted by atomic mass is 16.6. The van der Waals surface area contributed by atoms with Gasteiger partial charge in [-0.15, -0.1) is 0 Å². The normalized spacial score (nSPS) is 10.6. The Morgan fingerprint density at radius 1 is 0.500 bits per heavy atom. The third-order valence-corrected chi connectivity index (χ3v) is 4.02. The van der Waals surface area contributed by atoms with Crippen LogP contribution in [0.15, 0.2) is 0 Å². The third-order valence-electron chi connectivity index (χ3n) is 4.02. The minimum absolute atomic E-state index is 0.206. The predicted molar refractivity (Wildman–Crippen MR) is 101 cm³/mol. The average Bonchev–Trinajstić information content (AvgIpc) is 2.64. The Balaban J connectivity index is 4.41. The average molecular weight is 402 g/mol. The first-order valence-electron chi connectivity index (χ1n) is 10.1. The Bertz CT molecular complexity index is 409. The van der Waals surface area contributed by atoms with Crippen molar-refractivity contribution < 1.29 is 38.1 Å². The molecule has 0 spiro atoms. The highest BCUT2D eigenvalue weighted by Gasteiger charge is 2.30. The largest absolute Gasteiger partial charge is 0.465 e. The van der Waals surface area contributed by atoms with E-state index in [-0.39, 0.29) is 26.4 Å². The number of hydrogen-bond donors (Lipinski definition) is 0. The molecule has 0 bridgehead atoms. The zero-order valence-corrected chi connectivity index (χ0v) is 17.5. The number of carbonyl (C=O) groups excluding carboxylic acids is 4. The summed E-state index contributed by atoms with van der Waals surface area (Å²) in [7, 11) is 0. The summed E-state index contributed by atoms with van der Waals surface area (Å²) in [5.41, 5.74) is 0. The van der Waals surface area contributed by atoms with Crippen LogP contribution in [0.5, 0.6) is 0 Å². The van der Waals surface area contributed by atoms with Gasteiger partial charge in [-0.2, -0.15) is 0 Å². The van der Waals surface area contributed by atoms with Gasteiger partial charge in [-0.25, -0.2) is 0 Å². The molecule has 0 aromatic carbocycles. The fourth-order valence-corrected chi connectivity index (χ4v) is 2.69. The van der Waals surface area contributed by atoms with Crippen LogP contribution in [0.3, 0.4) is 0 Å². The van der Waals surface area contributed by atoms with E-state index < -0.39 is 35.7 Å². The number of ether oxygens (including phenoxy) is 4. The van der Waals surface area contributed by atoms with Crippen molar-refractivity contribution in [1.82, 2.24) is 0 Å². The predicted octanol–water partition coefficient (Wildman–Crippen LogP) is 2.81. The molecule has 8 nitrogen and oxygen atoms in total. The third kappa shape index (κ3) is 10.3. The number of rotatable bonds is 15. The second kappa shape index (κ2) is 15.9. The van der Waals surface area contributed by atoms with Crippen LogP contribution in [0.1, 0.15) is 66.2 Å². The van der Waals surface area contributed by atoms with Gasteiger partial charge in [0.15, 0.2) is 11.8 Å². The summed E-state index contributed by atoms with van der Waals surface area (Å²) in [4.78, 5) is 47.7. The first-order chi connectivity index (χ1) is 13.4. The molecule has 8 heteroatoms. The Morgan fingerprint density at radius 2 is 0.750 bits per heavy atom. The molecule has 0 aliphatic carbocycles. The summed E-state index contributed by atoms with van der Waals surface area (Å²) < 4.78 is 19.7. The summed E-state index contributed by atoms with van der Waals surface area (Å²) in [6.07, 6.45) is 3.44. The molecule has 0 saturated carbocycles. The topological polar surface area (TPSA) is 105 Å². The molecule has 0 N–H and O–H groups in total. The fraction of sp³-hybridized carbons (Fsp3) is 0.800. The van der Waals surface area contributed by atoms with Crippen molar-refractivity contribution in [1.29, 1.82) is 0 Å². The van der Waals surface area contributed by atoms with E-state index in [0.717, 1.165) is 12.8 Å². The molecule has 0 radical (unpaired) electrons. The molecule has 0 heterocycles. The molecule has 0 aliphatic rings. The Morgan fingerprint density at radius 3 is 0.964 bits per heavy atom. The van der Waals surface area contributed by atoms with Crippen LogP contribution in [-0.2, 0) is 38.1 Å². The van der Waals surface area contributed by atoms with Gasteiger partial charge in [0.05, 0.1) is 26.4 Å². The van der Waals surface area contributed by atoms with Gasteiger partial charge >= 0.3 is 23.9 Å². The van der Waals surface area contributed by atoms with Crippen molar-refractivity contribution in [2.45, 2.75) is 66.2 Å². The lowest BCUT2D eigenvalue weighted by Gasteiger charge is -2.15. The highest BCUT2D eigenvalue weighted by molar-refractivity contribution is 5.95. The summed E-state index contributed by atoms with van der Waals surface area (Å²) in [6.45, 7) is 7.56. The van der Waals surface area contributed by atoms with Crippen molar-refractivity contribution in [3.63, 3.8) is 0 Å². The quantitative estimate of drug-likeness (QED) is 0.178. The zero-order valence-electron chi connectivity index (χ0n) is 17.5. The van der Waals surface area contributed by atoms with Gasteiger partial charge in [-0.1, -0.05) is 25.7 Å². The lowest BCUT2D eigenvalue weighted by atomic mass is 9.98. The molecule has 162 valence electrons. The SMILES string of the molecule is CCOC(=O)C(CCCCCCC(C(=O)OCC)C(=O)OCC)C(=O)OCC. The van der Waals surface area contributed by atoms with Gasteiger partial charge in [-0.3, -0.25) is 19.2 Å². The van der Waals surface area contributed by atoms with E-state index >= 15 is 0 Å². The van der Waals surface area contributed by atoms with Crippen molar-refractivity contribution in [2.75, 3.05) is 26.4 Å². The Hall–Kier alpha value is -2.12. The lowest BCUT2D eigenvalue weighted by molar-refractivity contribution is -0.163. The van der Waals surface area contributed by atoms with E-state index in [0.29, 0.717) is 25.7 Å². The highest BCUT2D eigenvalue weighted by Crippen LogP contribution is 2.18. The van der Waals surface area contributed by atoms with Crippen molar-refractivity contribution >= 4 is 23.9 Å². The maximum absolute atomic E-state index is 11.9. The maximum atomic E-state index is 11.9. The number of esters is 4. The van der Waals surface area contributed by atoms with Crippen LogP contribution in [-0.4, -0.2) is 50.3 Å². The molecule has 0 aliphatic heterocycles. The van der Waals surface area contributed by atoms with Gasteiger partial charge in [0.25, 0.3) is 0 Å². The van der Waals surface area contributed by atoms with Crippen molar-refractivity contribution in [2.24, 2.45) is 11.8 Å². The standard InChI is InChI=1S/C20H34O8/c1-5-25-17(21)15(18(22)26-6-2)13-11-9-10-12-14-16(19(23)27-7-3)20(24)28-8-4/h15-16H,5-14H2,1-4H3. The minimum Gasteiger partial charge on any atom is -0.465 e. The molecule has 0 rings (SSSR count). The number of hydrogen-bond acceptors (Lipinski definition) is 8. The van der Waals surface area contributed by atoms with Crippen molar-refractivity contribution in [3.8, 4) is 0 Å². The Labute approximate surface area is 167 Å². The molecule has 0 saturated heterocycles. The molecular weight excluding hydrogens is 368 g/mol. The van der Waals surface area contributed by atoms with Gasteiger partial charge in [0, 0.05) is 0 Å². The van der Waals surface area contributed by atoms with Gasteiger partial charge in [0.1, 0.15) is 0 Å². The molecule has 0 aromatic heterocycles. The molecule has 0 amide bonds. The second-order valence-electron chi connectivity index (χ2n) is 6.10. The molecule has 0 unspecified atom stereocenters. The van der Waals surface area contributed by atoms with Crippen LogP contribution in [0, 0.1) is 11.8 Å². The van der Waals surface area contributed by atoms with E-state index in [2.05, 4.69) is 0 Å². The summed E-state index contributed by atoms with van der Waals surface area (Å²) >= 11 is 0. The van der Waals surface area contributed by atoms with E-state index in [1.54, 1.807) is 27.7 Å². The molecule has 0 aromatic rings. The van der Waals surface area contributed by atoms with Crippen molar-refractivity contribution in [3.05, 3.63) is 0 Å². The fourth-order valence-electron chi connectivity index (χ4n) is 2.69. The lowest BCUT2D eigenvalue weighted by Crippen LogP contribution is -2.28. The second-order valence-corrected chi connectivity index (χ2v) is 6.10. The monoisotopic (exact) mass is 402 g/mol. The minimum atomic E-state index is -0.910. The summed E-state index contributed by atoms with van der Waals surface area (Å²) in [5, 5.41) is 0. The molecular formula is C20H34O8. The van der Waals surface area contributed by atoms with E-state index in [4.69, 9.17) is 18.9 Å². The maximum Gasteiger partial charge on any atom is 0.320 e.